The van der Waals surface area contributed by atoms with Crippen molar-refractivity contribution in [2.75, 3.05) is 11.9 Å². The van der Waals surface area contributed by atoms with Gasteiger partial charge in [0.1, 0.15) is 12.7 Å². The first kappa shape index (κ1) is 17.3. The average Bonchev–Trinajstić information content (AvgIpc) is 2.60. The molecule has 5 nitrogen and oxygen atoms in total. The van der Waals surface area contributed by atoms with Gasteiger partial charge < -0.3 is 9.47 Å². The lowest BCUT2D eigenvalue weighted by Crippen LogP contribution is -2.25. The third kappa shape index (κ3) is 4.98. The van der Waals surface area contributed by atoms with Crippen LogP contribution in [-0.2, 0) is 14.3 Å². The van der Waals surface area contributed by atoms with E-state index in [4.69, 9.17) is 9.47 Å². The van der Waals surface area contributed by atoms with Crippen molar-refractivity contribution in [3.8, 4) is 11.1 Å². The molecule has 1 unspecified atom stereocenters. The molecule has 2 aromatic rings. The van der Waals surface area contributed by atoms with Crippen molar-refractivity contribution in [1.29, 1.82) is 0 Å². The van der Waals surface area contributed by atoms with Crippen molar-refractivity contribution in [3.05, 3.63) is 67.3 Å². The van der Waals surface area contributed by atoms with Crippen LogP contribution in [0.4, 0.5) is 10.5 Å². The second-order valence-corrected chi connectivity index (χ2v) is 5.09. The zero-order valence-electron chi connectivity index (χ0n) is 13.4. The number of hydrogen-bond donors (Lipinski definition) is 1. The lowest BCUT2D eigenvalue weighted by atomic mass is 10.0. The fourth-order valence-corrected chi connectivity index (χ4v) is 2.08. The van der Waals surface area contributed by atoms with Gasteiger partial charge in [-0.05, 0) is 18.6 Å². The SMILES string of the molecule is C=CC(=O)OCC(C)OC(=O)Nc1ccccc1-c1ccccc1. The minimum absolute atomic E-state index is 0.0292. The third-order valence-corrected chi connectivity index (χ3v) is 3.18. The van der Waals surface area contributed by atoms with Crippen molar-refractivity contribution >= 4 is 17.7 Å². The Morgan fingerprint density at radius 1 is 1.12 bits per heavy atom. The number of amides is 1. The summed E-state index contributed by atoms with van der Waals surface area (Å²) in [6, 6.07) is 17.2. The Labute approximate surface area is 140 Å². The highest BCUT2D eigenvalue weighted by atomic mass is 16.6. The zero-order valence-corrected chi connectivity index (χ0v) is 13.4. The van der Waals surface area contributed by atoms with Crippen LogP contribution in [0.15, 0.2) is 67.3 Å². The number of carbonyl (C=O) groups excluding carboxylic acids is 2. The molecule has 0 aliphatic carbocycles. The molecule has 1 atom stereocenters. The molecule has 0 bridgehead atoms. The monoisotopic (exact) mass is 325 g/mol. The van der Waals surface area contributed by atoms with E-state index in [1.807, 2.05) is 48.5 Å². The van der Waals surface area contributed by atoms with Crippen LogP contribution in [0.25, 0.3) is 11.1 Å². The van der Waals surface area contributed by atoms with E-state index < -0.39 is 18.2 Å². The van der Waals surface area contributed by atoms with Crippen LogP contribution < -0.4 is 5.32 Å². The molecule has 0 saturated heterocycles. The molecular formula is C19H19NO4. The maximum Gasteiger partial charge on any atom is 0.412 e. The van der Waals surface area contributed by atoms with Crippen LogP contribution in [0, 0.1) is 0 Å². The Morgan fingerprint density at radius 3 is 2.50 bits per heavy atom. The molecule has 0 aromatic heterocycles. The van der Waals surface area contributed by atoms with Crippen LogP contribution in [0.2, 0.25) is 0 Å². The molecule has 1 N–H and O–H groups in total. The number of esters is 1. The van der Waals surface area contributed by atoms with Gasteiger partial charge in [-0.15, -0.1) is 0 Å². The molecule has 2 rings (SSSR count). The smallest absolute Gasteiger partial charge is 0.412 e. The fourth-order valence-electron chi connectivity index (χ4n) is 2.08. The second kappa shape index (κ2) is 8.53. The quantitative estimate of drug-likeness (QED) is 0.643. The minimum Gasteiger partial charge on any atom is -0.459 e. The number of rotatable bonds is 6. The van der Waals surface area contributed by atoms with Gasteiger partial charge in [0.2, 0.25) is 0 Å². The summed E-state index contributed by atoms with van der Waals surface area (Å²) in [5, 5.41) is 2.72. The highest BCUT2D eigenvalue weighted by Crippen LogP contribution is 2.27. The topological polar surface area (TPSA) is 64.6 Å². The summed E-state index contributed by atoms with van der Waals surface area (Å²) >= 11 is 0. The van der Waals surface area contributed by atoms with E-state index in [9.17, 15) is 9.59 Å². The predicted molar refractivity (Wildman–Crippen MR) is 92.6 cm³/mol. The van der Waals surface area contributed by atoms with E-state index in [1.54, 1.807) is 13.0 Å². The van der Waals surface area contributed by atoms with Crippen molar-refractivity contribution in [2.45, 2.75) is 13.0 Å². The fraction of sp³-hybridized carbons (Fsp3) is 0.158. The first-order valence-corrected chi connectivity index (χ1v) is 7.51. The molecule has 0 spiro atoms. The zero-order chi connectivity index (χ0) is 17.4. The van der Waals surface area contributed by atoms with Gasteiger partial charge in [0.25, 0.3) is 0 Å². The third-order valence-electron chi connectivity index (χ3n) is 3.18. The number of para-hydroxylation sites is 1. The molecule has 0 fully saturated rings. The van der Waals surface area contributed by atoms with E-state index in [0.29, 0.717) is 5.69 Å². The molecule has 0 radical (unpaired) electrons. The molecule has 124 valence electrons. The van der Waals surface area contributed by atoms with Crippen LogP contribution in [-0.4, -0.2) is 24.8 Å². The number of carbonyl (C=O) groups is 2. The Morgan fingerprint density at radius 2 is 1.79 bits per heavy atom. The van der Waals surface area contributed by atoms with Gasteiger partial charge in [0.05, 0.1) is 5.69 Å². The summed E-state index contributed by atoms with van der Waals surface area (Å²) in [4.78, 5) is 23.0. The number of nitrogens with one attached hydrogen (secondary N) is 1. The number of hydrogen-bond acceptors (Lipinski definition) is 4. The predicted octanol–water partition coefficient (Wildman–Crippen LogP) is 4.02. The van der Waals surface area contributed by atoms with Gasteiger partial charge in [-0.3, -0.25) is 5.32 Å². The average molecular weight is 325 g/mol. The molecule has 0 saturated carbocycles. The Hall–Kier alpha value is -3.08. The van der Waals surface area contributed by atoms with Crippen LogP contribution in [0.5, 0.6) is 0 Å². The maximum atomic E-state index is 12.0. The summed E-state index contributed by atoms with van der Waals surface area (Å²) in [6.07, 6.45) is -0.124. The van der Waals surface area contributed by atoms with E-state index in [-0.39, 0.29) is 6.61 Å². The highest BCUT2D eigenvalue weighted by Gasteiger charge is 2.13. The van der Waals surface area contributed by atoms with E-state index in [2.05, 4.69) is 11.9 Å². The van der Waals surface area contributed by atoms with Gasteiger partial charge in [0.15, 0.2) is 0 Å². The largest absolute Gasteiger partial charge is 0.459 e. The number of anilines is 1. The minimum atomic E-state index is -0.611. The van der Waals surface area contributed by atoms with E-state index in [0.717, 1.165) is 17.2 Å². The molecular weight excluding hydrogens is 306 g/mol. The van der Waals surface area contributed by atoms with Crippen LogP contribution in [0.3, 0.4) is 0 Å². The lowest BCUT2D eigenvalue weighted by Gasteiger charge is -2.15. The van der Waals surface area contributed by atoms with Crippen molar-refractivity contribution in [2.24, 2.45) is 0 Å². The summed E-state index contributed by atoms with van der Waals surface area (Å²) < 4.78 is 10.0. The molecule has 5 heteroatoms. The summed E-state index contributed by atoms with van der Waals surface area (Å²) in [7, 11) is 0. The molecule has 1 amide bonds. The Bertz CT molecular complexity index is 712. The van der Waals surface area contributed by atoms with Crippen LogP contribution >= 0.6 is 0 Å². The van der Waals surface area contributed by atoms with Crippen molar-refractivity contribution in [1.82, 2.24) is 0 Å². The van der Waals surface area contributed by atoms with Gasteiger partial charge in [-0.2, -0.15) is 0 Å². The molecule has 0 aliphatic heterocycles. The normalized spacial score (nSPS) is 11.2. The van der Waals surface area contributed by atoms with Gasteiger partial charge >= 0.3 is 12.1 Å². The molecule has 0 heterocycles. The first-order chi connectivity index (χ1) is 11.6. The first-order valence-electron chi connectivity index (χ1n) is 7.51. The van der Waals surface area contributed by atoms with Crippen molar-refractivity contribution < 1.29 is 19.1 Å². The van der Waals surface area contributed by atoms with Crippen LogP contribution in [0.1, 0.15) is 6.92 Å². The molecule has 24 heavy (non-hydrogen) atoms. The Balaban J connectivity index is 2.00. The second-order valence-electron chi connectivity index (χ2n) is 5.09. The summed E-state index contributed by atoms with van der Waals surface area (Å²) in [5.41, 5.74) is 2.52. The standard InChI is InChI=1S/C19H19NO4/c1-3-18(21)23-13-14(2)24-19(22)20-17-12-8-7-11-16(17)15-9-5-4-6-10-15/h3-12,14H,1,13H2,2H3,(H,20,22). The lowest BCUT2D eigenvalue weighted by molar-refractivity contribution is -0.140. The Kier molecular flexibility index (Phi) is 6.14. The van der Waals surface area contributed by atoms with Gasteiger partial charge in [-0.1, -0.05) is 55.1 Å². The summed E-state index contributed by atoms with van der Waals surface area (Å²) in [6.45, 7) is 4.91. The number of benzene rings is 2. The van der Waals surface area contributed by atoms with Gasteiger partial charge in [-0.25, -0.2) is 9.59 Å². The van der Waals surface area contributed by atoms with E-state index >= 15 is 0 Å². The molecule has 0 aliphatic rings. The van der Waals surface area contributed by atoms with E-state index in [1.165, 1.54) is 0 Å². The maximum absolute atomic E-state index is 12.0. The summed E-state index contributed by atoms with van der Waals surface area (Å²) in [5.74, 6) is -0.555. The van der Waals surface area contributed by atoms with Gasteiger partial charge in [0, 0.05) is 11.6 Å². The highest BCUT2D eigenvalue weighted by molar-refractivity contribution is 5.91. The van der Waals surface area contributed by atoms with Crippen molar-refractivity contribution in [3.63, 3.8) is 0 Å². The number of ether oxygens (including phenoxy) is 2. The molecule has 2 aromatic carbocycles.